The summed E-state index contributed by atoms with van der Waals surface area (Å²) < 4.78 is 23.3. The third-order valence-corrected chi connectivity index (χ3v) is 8.20. The lowest BCUT2D eigenvalue weighted by molar-refractivity contribution is -0.330. The van der Waals surface area contributed by atoms with Crippen molar-refractivity contribution in [3.05, 3.63) is 0 Å². The first kappa shape index (κ1) is 37.1. The second kappa shape index (κ2) is 16.5. The van der Waals surface area contributed by atoms with Gasteiger partial charge in [-0.25, -0.2) is 9.86 Å². The molecular weight excluding hydrogens is 590 g/mol. The van der Waals surface area contributed by atoms with Gasteiger partial charge in [-0.05, 0) is 39.9 Å². The highest BCUT2D eigenvalue weighted by molar-refractivity contribution is 5.73. The largest absolute Gasteiger partial charge is 0.388 e. The lowest BCUT2D eigenvalue weighted by Gasteiger charge is -2.49. The molecule has 3 rings (SSSR count). The Morgan fingerprint density at radius 3 is 2.32 bits per heavy atom. The zero-order valence-corrected chi connectivity index (χ0v) is 25.0. The Morgan fingerprint density at radius 1 is 1.00 bits per heavy atom. The van der Waals surface area contributed by atoms with Crippen molar-refractivity contribution in [1.82, 2.24) is 21.0 Å². The number of likely N-dealkylation sites (N-methyl/N-ethyl adjacent to an activating group) is 1. The molecule has 44 heavy (non-hydrogen) atoms. The average molecular weight is 642 g/mol. The first-order valence-corrected chi connectivity index (χ1v) is 14.8. The van der Waals surface area contributed by atoms with Gasteiger partial charge in [-0.3, -0.25) is 5.21 Å². The number of hydroxylamine groups is 2. The Hall–Kier alpha value is -1.37. The highest BCUT2D eigenvalue weighted by Crippen LogP contribution is 2.32. The van der Waals surface area contributed by atoms with E-state index in [0.717, 1.165) is 0 Å². The van der Waals surface area contributed by atoms with E-state index in [1.165, 1.54) is 14.0 Å². The second-order valence-electron chi connectivity index (χ2n) is 11.7. The van der Waals surface area contributed by atoms with E-state index in [0.29, 0.717) is 24.6 Å². The topological polar surface area (TPSA) is 313 Å². The van der Waals surface area contributed by atoms with E-state index in [4.69, 9.17) is 36.1 Å². The Morgan fingerprint density at radius 2 is 1.68 bits per heavy atom. The molecule has 2 heterocycles. The zero-order valence-electron chi connectivity index (χ0n) is 25.0. The van der Waals surface area contributed by atoms with Crippen LogP contribution in [0.3, 0.4) is 0 Å². The fourth-order valence-electron chi connectivity index (χ4n) is 5.74. The number of hydrogen-bond acceptors (Lipinski definition) is 17. The number of nitrogens with one attached hydrogen (secondary N) is 3. The summed E-state index contributed by atoms with van der Waals surface area (Å²) >= 11 is 0. The van der Waals surface area contributed by atoms with Crippen molar-refractivity contribution in [2.75, 3.05) is 46.4 Å². The molecule has 0 aromatic rings. The van der Waals surface area contributed by atoms with E-state index >= 15 is 0 Å². The van der Waals surface area contributed by atoms with Crippen LogP contribution in [0.5, 0.6) is 0 Å². The number of ether oxygens (including phenoxy) is 4. The van der Waals surface area contributed by atoms with E-state index in [9.17, 15) is 40.6 Å². The number of carbonyl (C=O) groups is 1. The molecule has 3 aliphatic rings. The summed E-state index contributed by atoms with van der Waals surface area (Å²) in [7, 11) is 1.53. The fraction of sp³-hybridized carbons (Fsp3) is 0.960. The lowest BCUT2D eigenvalue weighted by atomic mass is 9.83. The van der Waals surface area contributed by atoms with Gasteiger partial charge in [-0.15, -0.1) is 0 Å². The van der Waals surface area contributed by atoms with Gasteiger partial charge in [0.1, 0.15) is 54.4 Å². The molecule has 19 heteroatoms. The summed E-state index contributed by atoms with van der Waals surface area (Å²) in [5, 5.41) is 83.4. The van der Waals surface area contributed by atoms with E-state index in [2.05, 4.69) is 16.0 Å². The van der Waals surface area contributed by atoms with Crippen LogP contribution >= 0.6 is 0 Å². The molecule has 3 fully saturated rings. The summed E-state index contributed by atoms with van der Waals surface area (Å²) in [5.41, 5.74) is 15.8. The number of carbonyl (C=O) groups excluding carboxylic acids is 1. The third kappa shape index (κ3) is 8.70. The predicted molar refractivity (Wildman–Crippen MR) is 151 cm³/mol. The zero-order chi connectivity index (χ0) is 32.8. The van der Waals surface area contributed by atoms with E-state index in [-0.39, 0.29) is 32.7 Å². The molecule has 1 aliphatic carbocycles. The van der Waals surface area contributed by atoms with Crippen LogP contribution in [0.15, 0.2) is 0 Å². The number of nitrogens with zero attached hydrogens (tertiary/aromatic N) is 1. The van der Waals surface area contributed by atoms with Crippen LogP contribution in [-0.2, 0) is 18.9 Å². The molecular formula is C25H51N7O12. The van der Waals surface area contributed by atoms with Crippen molar-refractivity contribution in [2.45, 2.75) is 105 Å². The van der Waals surface area contributed by atoms with Crippen LogP contribution in [0.25, 0.3) is 0 Å². The molecule has 2 saturated heterocycles. The molecule has 0 aromatic heterocycles. The number of rotatable bonds is 13. The monoisotopic (exact) mass is 641 g/mol. The number of aliphatic hydroxyl groups excluding tert-OH is 5. The van der Waals surface area contributed by atoms with Gasteiger partial charge in [0.05, 0.1) is 25.2 Å². The second-order valence-corrected chi connectivity index (χ2v) is 11.7. The maximum atomic E-state index is 12.6. The molecule has 2 aliphatic heterocycles. The van der Waals surface area contributed by atoms with Gasteiger partial charge >= 0.3 is 6.03 Å². The minimum absolute atomic E-state index is 0.0339. The number of hydrogen-bond donors (Lipinski definition) is 13. The quantitative estimate of drug-likeness (QED) is 0.0505. The molecule has 0 aromatic carbocycles. The Bertz CT molecular complexity index is 896. The molecule has 16 N–H and O–H groups in total. The van der Waals surface area contributed by atoms with Crippen LogP contribution in [0, 0.1) is 0 Å². The van der Waals surface area contributed by atoms with Crippen LogP contribution < -0.4 is 33.2 Å². The van der Waals surface area contributed by atoms with E-state index in [1.807, 2.05) is 0 Å². The first-order chi connectivity index (χ1) is 20.8. The molecule has 258 valence electrons. The van der Waals surface area contributed by atoms with Crippen LogP contribution in [-0.4, -0.2) is 178 Å². The Balaban J connectivity index is 1.81. The lowest BCUT2D eigenvalue weighted by Crippen LogP contribution is -2.70. The third-order valence-electron chi connectivity index (χ3n) is 8.20. The van der Waals surface area contributed by atoms with Crippen LogP contribution in [0.2, 0.25) is 0 Å². The molecule has 0 bridgehead atoms. The standard InChI is InChI=1S/C25H51N7O12/c1-25(39)10-41-22(18(37)21(25)29-2)44-20-12(31-24(38)32(40)7-5-27)8-11(28)19(17(20)36)43-23-16(35)15(34)14(33)13(42-23)9-30-6-3-4-26/h11-23,29-30,33-37,39-40H,3-10,26-28H2,1-2H3,(H,31,38)/t11-,12+,13+,14+,15-,16+,17-,18+,19?,20-,21+,22+,23+,25-/m0/s1. The first-order valence-electron chi connectivity index (χ1n) is 14.8. The normalized spacial score (nSPS) is 43.0. The molecule has 1 saturated carbocycles. The summed E-state index contributed by atoms with van der Waals surface area (Å²) in [6.07, 6.45) is -14.0. The molecule has 0 spiro atoms. The molecule has 1 unspecified atom stereocenters. The van der Waals surface area contributed by atoms with Gasteiger partial charge in [0.2, 0.25) is 0 Å². The molecule has 19 nitrogen and oxygen atoms in total. The van der Waals surface area contributed by atoms with Crippen LogP contribution in [0.4, 0.5) is 4.79 Å². The van der Waals surface area contributed by atoms with Crippen molar-refractivity contribution in [3.8, 4) is 0 Å². The number of aliphatic hydroxyl groups is 6. The van der Waals surface area contributed by atoms with Crippen molar-refractivity contribution in [3.63, 3.8) is 0 Å². The minimum atomic E-state index is -1.72. The SMILES string of the molecule is CN[C@@H]1[C@@H](O)[C@@H](O[C@H]2[C@H](NC(=O)N(O)CCN)C[C@H](N)C(O[C@H]3O[C@H](CNCCCN)[C@@H](O)[C@H](O)[C@H]3O)[C@@H]2O)OC[C@]1(C)O. The highest BCUT2D eigenvalue weighted by Gasteiger charge is 2.53. The van der Waals surface area contributed by atoms with Gasteiger partial charge in [-0.1, -0.05) is 0 Å². The van der Waals surface area contributed by atoms with E-state index in [1.54, 1.807) is 0 Å². The summed E-state index contributed by atoms with van der Waals surface area (Å²) in [5.74, 6) is 0. The number of amides is 2. The number of urea groups is 1. The van der Waals surface area contributed by atoms with Gasteiger partial charge in [-0.2, -0.15) is 0 Å². The summed E-state index contributed by atoms with van der Waals surface area (Å²) in [4.78, 5) is 12.6. The van der Waals surface area contributed by atoms with Crippen molar-refractivity contribution in [1.29, 1.82) is 0 Å². The van der Waals surface area contributed by atoms with Crippen molar-refractivity contribution < 1.29 is 59.6 Å². The Kier molecular flexibility index (Phi) is 13.9. The predicted octanol–water partition coefficient (Wildman–Crippen LogP) is -6.62. The summed E-state index contributed by atoms with van der Waals surface area (Å²) in [6.45, 7) is 2.04. The smallest absolute Gasteiger partial charge is 0.341 e. The maximum absolute atomic E-state index is 12.6. The van der Waals surface area contributed by atoms with E-state index < -0.39 is 91.2 Å². The van der Waals surface area contributed by atoms with Crippen molar-refractivity contribution >= 4 is 6.03 Å². The van der Waals surface area contributed by atoms with Gasteiger partial charge in [0, 0.05) is 19.1 Å². The Labute approximate surface area is 255 Å². The minimum Gasteiger partial charge on any atom is -0.388 e. The van der Waals surface area contributed by atoms with Crippen LogP contribution in [0.1, 0.15) is 19.8 Å². The average Bonchev–Trinajstić information content (AvgIpc) is 2.97. The van der Waals surface area contributed by atoms with Gasteiger partial charge in [0.25, 0.3) is 0 Å². The highest BCUT2D eigenvalue weighted by atomic mass is 16.7. The van der Waals surface area contributed by atoms with Crippen molar-refractivity contribution in [2.24, 2.45) is 17.2 Å². The maximum Gasteiger partial charge on any atom is 0.341 e. The van der Waals surface area contributed by atoms with Gasteiger partial charge in [0.15, 0.2) is 12.6 Å². The molecule has 2 amide bonds. The molecule has 0 radical (unpaired) electrons. The van der Waals surface area contributed by atoms with Gasteiger partial charge < -0.3 is 82.7 Å². The number of nitrogens with two attached hydrogens (primary N) is 3. The fourth-order valence-corrected chi connectivity index (χ4v) is 5.74. The molecule has 14 atom stereocenters. The summed E-state index contributed by atoms with van der Waals surface area (Å²) in [6, 6.07) is -3.92.